The molecule has 0 fully saturated rings. The van der Waals surface area contributed by atoms with Crippen molar-refractivity contribution in [2.24, 2.45) is 0 Å². The SMILES string of the molecule is c1ccc2c(c1)Oc1cccc3c1B2c1ccc(-c2cc4c(c5ccccc25)-c2c(ccc5ccccc25)C42c4ccccc4-c4ccccc42)cc1O3. The molecule has 248 valence electrons. The topological polar surface area (TPSA) is 18.5 Å². The Morgan fingerprint density at radius 2 is 0.981 bits per heavy atom. The van der Waals surface area contributed by atoms with E-state index in [9.17, 15) is 0 Å². The smallest absolute Gasteiger partial charge is 0.260 e. The fourth-order valence-corrected chi connectivity index (χ4v) is 10.5. The van der Waals surface area contributed by atoms with Crippen molar-refractivity contribution in [1.29, 1.82) is 0 Å². The molecule has 0 saturated carbocycles. The second-order valence-corrected chi connectivity index (χ2v) is 15.0. The standard InChI is InChI=1S/C51H29BO2/c1-2-13-32-30(12-1)24-26-40-48(32)49-36-17-4-3-14-33(36)37(29-41(49)51(40)38-18-7-5-15-34(38)35-16-6-8-19-39(35)51)31-25-27-43-47(28-31)54-46-23-11-22-45-50(46)52(43)42-20-9-10-21-44(42)53-45/h1-29H. The average molecular weight is 685 g/mol. The van der Waals surface area contributed by atoms with Crippen LogP contribution in [0.4, 0.5) is 0 Å². The Morgan fingerprint density at radius 1 is 0.370 bits per heavy atom. The van der Waals surface area contributed by atoms with Crippen LogP contribution in [0.3, 0.4) is 0 Å². The van der Waals surface area contributed by atoms with Crippen molar-refractivity contribution in [3.63, 3.8) is 0 Å². The molecule has 0 bridgehead atoms. The fraction of sp³-hybridized carbons (Fsp3) is 0.0196. The molecule has 4 aliphatic rings. The summed E-state index contributed by atoms with van der Waals surface area (Å²) in [7, 11) is 0. The minimum Gasteiger partial charge on any atom is -0.458 e. The zero-order valence-electron chi connectivity index (χ0n) is 29.1. The highest BCUT2D eigenvalue weighted by Crippen LogP contribution is 2.65. The Kier molecular flexibility index (Phi) is 5.42. The molecule has 0 radical (unpaired) electrons. The van der Waals surface area contributed by atoms with Gasteiger partial charge < -0.3 is 9.47 Å². The van der Waals surface area contributed by atoms with E-state index in [-0.39, 0.29) is 6.71 Å². The number of hydrogen-bond donors (Lipinski definition) is 0. The predicted octanol–water partition coefficient (Wildman–Crippen LogP) is 10.7. The number of benzene rings is 9. The van der Waals surface area contributed by atoms with Crippen molar-refractivity contribution < 1.29 is 9.47 Å². The third-order valence-corrected chi connectivity index (χ3v) is 12.6. The lowest BCUT2D eigenvalue weighted by Gasteiger charge is -2.33. The van der Waals surface area contributed by atoms with E-state index in [4.69, 9.17) is 9.47 Å². The van der Waals surface area contributed by atoms with Gasteiger partial charge in [-0.3, -0.25) is 0 Å². The van der Waals surface area contributed by atoms with Crippen LogP contribution in [0.5, 0.6) is 23.0 Å². The van der Waals surface area contributed by atoms with Gasteiger partial charge in [-0.25, -0.2) is 0 Å². The third-order valence-electron chi connectivity index (χ3n) is 12.6. The summed E-state index contributed by atoms with van der Waals surface area (Å²) in [6.07, 6.45) is 0. The molecule has 9 aromatic rings. The van der Waals surface area contributed by atoms with Crippen LogP contribution in [0.1, 0.15) is 22.3 Å². The van der Waals surface area contributed by atoms with Crippen molar-refractivity contribution in [3.05, 3.63) is 198 Å². The normalized spacial score (nSPS) is 14.3. The molecule has 0 amide bonds. The zero-order chi connectivity index (χ0) is 35.1. The summed E-state index contributed by atoms with van der Waals surface area (Å²) in [5, 5.41) is 5.07. The summed E-state index contributed by atoms with van der Waals surface area (Å²) in [6.45, 7) is 0.0354. The minimum atomic E-state index is -0.466. The van der Waals surface area contributed by atoms with E-state index < -0.39 is 5.41 Å². The molecule has 0 aromatic heterocycles. The Balaban J connectivity index is 1.12. The summed E-state index contributed by atoms with van der Waals surface area (Å²) >= 11 is 0. The van der Waals surface area contributed by atoms with E-state index in [2.05, 4.69) is 164 Å². The van der Waals surface area contributed by atoms with Gasteiger partial charge in [-0.1, -0.05) is 146 Å². The van der Waals surface area contributed by atoms with Crippen LogP contribution in [-0.4, -0.2) is 6.71 Å². The molecular weight excluding hydrogens is 655 g/mol. The van der Waals surface area contributed by atoms with E-state index in [1.807, 2.05) is 12.1 Å². The van der Waals surface area contributed by atoms with Crippen LogP contribution in [0, 0.1) is 0 Å². The first-order valence-corrected chi connectivity index (χ1v) is 18.8. The van der Waals surface area contributed by atoms with E-state index in [1.165, 1.54) is 77.1 Å². The van der Waals surface area contributed by atoms with Crippen molar-refractivity contribution in [2.45, 2.75) is 5.41 Å². The summed E-state index contributed by atoms with van der Waals surface area (Å²) in [5.74, 6) is 3.52. The van der Waals surface area contributed by atoms with Gasteiger partial charge in [0.1, 0.15) is 23.0 Å². The van der Waals surface area contributed by atoms with Crippen LogP contribution in [-0.2, 0) is 5.41 Å². The molecule has 2 aliphatic carbocycles. The van der Waals surface area contributed by atoms with Crippen LogP contribution >= 0.6 is 0 Å². The van der Waals surface area contributed by atoms with Crippen LogP contribution in [0.25, 0.3) is 54.9 Å². The maximum Gasteiger partial charge on any atom is 0.260 e. The molecule has 0 atom stereocenters. The van der Waals surface area contributed by atoms with Crippen molar-refractivity contribution >= 4 is 44.6 Å². The molecule has 2 nitrogen and oxygen atoms in total. The fourth-order valence-electron chi connectivity index (χ4n) is 10.5. The van der Waals surface area contributed by atoms with Crippen LogP contribution in [0.15, 0.2) is 176 Å². The zero-order valence-corrected chi connectivity index (χ0v) is 29.1. The molecule has 0 unspecified atom stereocenters. The second kappa shape index (κ2) is 10.2. The largest absolute Gasteiger partial charge is 0.458 e. The van der Waals surface area contributed by atoms with Gasteiger partial charge in [0.2, 0.25) is 0 Å². The molecule has 2 aliphatic heterocycles. The quantitative estimate of drug-likeness (QED) is 0.160. The van der Waals surface area contributed by atoms with E-state index in [0.717, 1.165) is 39.5 Å². The van der Waals surface area contributed by atoms with Crippen molar-refractivity contribution in [3.8, 4) is 56.4 Å². The highest BCUT2D eigenvalue weighted by atomic mass is 16.5. The van der Waals surface area contributed by atoms with E-state index in [0.29, 0.717) is 0 Å². The van der Waals surface area contributed by atoms with Gasteiger partial charge in [0.25, 0.3) is 6.71 Å². The first-order chi connectivity index (χ1) is 26.8. The summed E-state index contributed by atoms with van der Waals surface area (Å²) in [5.41, 5.74) is 16.0. The molecule has 9 aromatic carbocycles. The Hall–Kier alpha value is -6.84. The summed E-state index contributed by atoms with van der Waals surface area (Å²) < 4.78 is 13.2. The van der Waals surface area contributed by atoms with Gasteiger partial charge in [-0.15, -0.1) is 0 Å². The molecule has 2 heterocycles. The van der Waals surface area contributed by atoms with Gasteiger partial charge >= 0.3 is 0 Å². The Bertz CT molecular complexity index is 3090. The predicted molar refractivity (Wildman–Crippen MR) is 221 cm³/mol. The molecule has 54 heavy (non-hydrogen) atoms. The van der Waals surface area contributed by atoms with Gasteiger partial charge in [-0.2, -0.15) is 0 Å². The van der Waals surface area contributed by atoms with Gasteiger partial charge in [-0.05, 0) is 118 Å². The summed E-state index contributed by atoms with van der Waals surface area (Å²) in [6, 6.07) is 64.7. The first kappa shape index (κ1) is 28.7. The van der Waals surface area contributed by atoms with E-state index >= 15 is 0 Å². The number of para-hydroxylation sites is 1. The average Bonchev–Trinajstić information content (AvgIpc) is 3.71. The molecule has 3 heteroatoms. The molecule has 1 spiro atoms. The monoisotopic (exact) mass is 684 g/mol. The minimum absolute atomic E-state index is 0.0354. The van der Waals surface area contributed by atoms with Crippen LogP contribution in [0.2, 0.25) is 0 Å². The third kappa shape index (κ3) is 3.43. The highest BCUT2D eigenvalue weighted by molar-refractivity contribution is 6.98. The molecule has 0 saturated heterocycles. The lowest BCUT2D eigenvalue weighted by atomic mass is 9.35. The summed E-state index contributed by atoms with van der Waals surface area (Å²) in [4.78, 5) is 0. The maximum absolute atomic E-state index is 6.81. The van der Waals surface area contributed by atoms with Gasteiger partial charge in [0.05, 0.1) is 5.41 Å². The van der Waals surface area contributed by atoms with Crippen molar-refractivity contribution in [1.82, 2.24) is 0 Å². The molecule has 0 N–H and O–H groups in total. The highest BCUT2D eigenvalue weighted by Gasteiger charge is 2.52. The Labute approximate surface area is 313 Å². The van der Waals surface area contributed by atoms with Crippen molar-refractivity contribution in [2.75, 3.05) is 0 Å². The number of fused-ring (bicyclic) bond motifs is 18. The van der Waals surface area contributed by atoms with Gasteiger partial charge in [0, 0.05) is 5.46 Å². The van der Waals surface area contributed by atoms with Crippen LogP contribution < -0.4 is 25.9 Å². The van der Waals surface area contributed by atoms with E-state index in [1.54, 1.807) is 0 Å². The number of ether oxygens (including phenoxy) is 2. The van der Waals surface area contributed by atoms with Gasteiger partial charge in [0.15, 0.2) is 0 Å². The number of rotatable bonds is 1. The maximum atomic E-state index is 6.81. The lowest BCUT2D eigenvalue weighted by molar-refractivity contribution is 0.464. The Morgan fingerprint density at radius 3 is 1.80 bits per heavy atom. The first-order valence-electron chi connectivity index (χ1n) is 18.8. The lowest BCUT2D eigenvalue weighted by Crippen LogP contribution is -2.57. The molecule has 13 rings (SSSR count). The second-order valence-electron chi connectivity index (χ2n) is 15.0. The molecular formula is C51H29BO2. The number of hydrogen-bond acceptors (Lipinski definition) is 2.